The normalized spacial score (nSPS) is 10.2. The first-order valence-corrected chi connectivity index (χ1v) is 8.56. The van der Waals surface area contributed by atoms with Crippen LogP contribution in [-0.4, -0.2) is 11.8 Å². The molecule has 2 amide bonds. The van der Waals surface area contributed by atoms with Crippen molar-refractivity contribution in [1.82, 2.24) is 0 Å². The van der Waals surface area contributed by atoms with E-state index in [0.29, 0.717) is 27.2 Å². The molecule has 3 aromatic carbocycles. The first-order chi connectivity index (χ1) is 12.5. The number of nitrogens with two attached hydrogens (primary N) is 1. The van der Waals surface area contributed by atoms with E-state index < -0.39 is 5.91 Å². The van der Waals surface area contributed by atoms with E-state index in [0.717, 1.165) is 0 Å². The highest BCUT2D eigenvalue weighted by atomic mass is 79.9. The second-order valence-electron chi connectivity index (χ2n) is 5.45. The standard InChI is InChI=1S/C20H15BrN2O3/c21-14-8-11-18(17(12-14)19(22)24)23-20(25)13-6-9-16(10-7-13)26-15-4-2-1-3-5-15/h1-12H,(H2,22,24)(H,23,25). The van der Waals surface area contributed by atoms with Crippen LogP contribution in [0.15, 0.2) is 77.3 Å². The number of rotatable bonds is 5. The van der Waals surface area contributed by atoms with Crippen molar-refractivity contribution in [3.63, 3.8) is 0 Å². The fourth-order valence-electron chi connectivity index (χ4n) is 2.32. The topological polar surface area (TPSA) is 81.4 Å². The molecule has 0 bridgehead atoms. The molecule has 5 nitrogen and oxygen atoms in total. The maximum atomic E-state index is 12.4. The molecule has 26 heavy (non-hydrogen) atoms. The molecule has 0 aromatic heterocycles. The van der Waals surface area contributed by atoms with Gasteiger partial charge in [-0.2, -0.15) is 0 Å². The predicted molar refractivity (Wildman–Crippen MR) is 104 cm³/mol. The summed E-state index contributed by atoms with van der Waals surface area (Å²) in [5, 5.41) is 2.70. The number of carbonyl (C=O) groups is 2. The minimum atomic E-state index is -0.617. The van der Waals surface area contributed by atoms with Gasteiger partial charge in [-0.15, -0.1) is 0 Å². The summed E-state index contributed by atoms with van der Waals surface area (Å²) in [4.78, 5) is 24.0. The van der Waals surface area contributed by atoms with Crippen molar-refractivity contribution in [2.45, 2.75) is 0 Å². The van der Waals surface area contributed by atoms with E-state index in [1.165, 1.54) is 0 Å². The van der Waals surface area contributed by atoms with E-state index >= 15 is 0 Å². The molecular formula is C20H15BrN2O3. The van der Waals surface area contributed by atoms with Crippen LogP contribution in [0.2, 0.25) is 0 Å². The highest BCUT2D eigenvalue weighted by molar-refractivity contribution is 9.10. The minimum Gasteiger partial charge on any atom is -0.457 e. The van der Waals surface area contributed by atoms with E-state index in [9.17, 15) is 9.59 Å². The highest BCUT2D eigenvalue weighted by Gasteiger charge is 2.13. The number of ether oxygens (including phenoxy) is 1. The van der Waals surface area contributed by atoms with Gasteiger partial charge in [-0.05, 0) is 54.6 Å². The van der Waals surface area contributed by atoms with Crippen LogP contribution >= 0.6 is 15.9 Å². The van der Waals surface area contributed by atoms with Gasteiger partial charge < -0.3 is 15.8 Å². The van der Waals surface area contributed by atoms with Crippen LogP contribution in [0.25, 0.3) is 0 Å². The van der Waals surface area contributed by atoms with Crippen LogP contribution in [0.3, 0.4) is 0 Å². The Morgan fingerprint density at radius 2 is 1.54 bits per heavy atom. The van der Waals surface area contributed by atoms with Gasteiger partial charge in [0, 0.05) is 10.0 Å². The second kappa shape index (κ2) is 7.84. The zero-order chi connectivity index (χ0) is 18.5. The van der Waals surface area contributed by atoms with Crippen LogP contribution in [0.4, 0.5) is 5.69 Å². The van der Waals surface area contributed by atoms with Crippen LogP contribution in [0, 0.1) is 0 Å². The van der Waals surface area contributed by atoms with Crippen molar-refractivity contribution in [2.24, 2.45) is 5.73 Å². The molecule has 0 unspecified atom stereocenters. The molecule has 0 fully saturated rings. The average molecular weight is 411 g/mol. The summed E-state index contributed by atoms with van der Waals surface area (Å²) < 4.78 is 6.40. The Balaban J connectivity index is 1.74. The van der Waals surface area contributed by atoms with Crippen molar-refractivity contribution >= 4 is 33.4 Å². The number of anilines is 1. The summed E-state index contributed by atoms with van der Waals surface area (Å²) in [6.45, 7) is 0. The third kappa shape index (κ3) is 4.29. The van der Waals surface area contributed by atoms with Crippen LogP contribution in [0.1, 0.15) is 20.7 Å². The highest BCUT2D eigenvalue weighted by Crippen LogP contribution is 2.23. The summed E-state index contributed by atoms with van der Waals surface area (Å²) in [5.74, 6) is 0.370. The van der Waals surface area contributed by atoms with Crippen molar-refractivity contribution in [3.05, 3.63) is 88.4 Å². The third-order valence-corrected chi connectivity index (χ3v) is 4.08. The SMILES string of the molecule is NC(=O)c1cc(Br)ccc1NC(=O)c1ccc(Oc2ccccc2)cc1. The molecule has 0 heterocycles. The first kappa shape index (κ1) is 17.7. The van der Waals surface area contributed by atoms with Crippen molar-refractivity contribution in [1.29, 1.82) is 0 Å². The first-order valence-electron chi connectivity index (χ1n) is 7.76. The van der Waals surface area contributed by atoms with Crippen molar-refractivity contribution in [2.75, 3.05) is 5.32 Å². The fraction of sp³-hybridized carbons (Fsp3) is 0. The maximum Gasteiger partial charge on any atom is 0.255 e. The predicted octanol–water partition coefficient (Wildman–Crippen LogP) is 4.59. The molecule has 130 valence electrons. The zero-order valence-corrected chi connectivity index (χ0v) is 15.2. The quantitative estimate of drug-likeness (QED) is 0.644. The molecular weight excluding hydrogens is 396 g/mol. The molecule has 0 spiro atoms. The summed E-state index contributed by atoms with van der Waals surface area (Å²) >= 11 is 3.28. The van der Waals surface area contributed by atoms with Gasteiger partial charge in [0.1, 0.15) is 11.5 Å². The summed E-state index contributed by atoms with van der Waals surface area (Å²) in [5.41, 5.74) is 6.39. The Morgan fingerprint density at radius 1 is 0.885 bits per heavy atom. The van der Waals surface area contributed by atoms with E-state index in [1.807, 2.05) is 30.3 Å². The molecule has 3 N–H and O–H groups in total. The lowest BCUT2D eigenvalue weighted by Gasteiger charge is -2.10. The Kier molecular flexibility index (Phi) is 5.34. The van der Waals surface area contributed by atoms with Gasteiger partial charge in [-0.1, -0.05) is 34.1 Å². The molecule has 3 rings (SSSR count). The summed E-state index contributed by atoms with van der Waals surface area (Å²) in [6.07, 6.45) is 0. The van der Waals surface area contributed by atoms with Gasteiger partial charge >= 0.3 is 0 Å². The molecule has 0 radical (unpaired) electrons. The van der Waals surface area contributed by atoms with Crippen LogP contribution in [-0.2, 0) is 0 Å². The van der Waals surface area contributed by atoms with Gasteiger partial charge in [0.25, 0.3) is 11.8 Å². The number of hydrogen-bond donors (Lipinski definition) is 2. The largest absolute Gasteiger partial charge is 0.457 e. The monoisotopic (exact) mass is 410 g/mol. The number of nitrogens with one attached hydrogen (secondary N) is 1. The maximum absolute atomic E-state index is 12.4. The van der Waals surface area contributed by atoms with E-state index in [-0.39, 0.29) is 11.5 Å². The molecule has 0 atom stereocenters. The molecule has 0 aliphatic carbocycles. The van der Waals surface area contributed by atoms with Crippen molar-refractivity contribution in [3.8, 4) is 11.5 Å². The van der Waals surface area contributed by atoms with Gasteiger partial charge in [0.05, 0.1) is 11.3 Å². The number of carbonyl (C=O) groups excluding carboxylic acids is 2. The Morgan fingerprint density at radius 3 is 2.19 bits per heavy atom. The third-order valence-electron chi connectivity index (χ3n) is 3.59. The molecule has 0 aliphatic rings. The van der Waals surface area contributed by atoms with E-state index in [2.05, 4.69) is 21.2 Å². The molecule has 0 aliphatic heterocycles. The molecule has 3 aromatic rings. The van der Waals surface area contributed by atoms with Crippen molar-refractivity contribution < 1.29 is 14.3 Å². The summed E-state index contributed by atoms with van der Waals surface area (Å²) in [6, 6.07) is 21.0. The molecule has 0 saturated heterocycles. The van der Waals surface area contributed by atoms with Crippen LogP contribution in [0.5, 0.6) is 11.5 Å². The number of halogens is 1. The lowest BCUT2D eigenvalue weighted by Crippen LogP contribution is -2.18. The number of amides is 2. The van der Waals surface area contributed by atoms with E-state index in [4.69, 9.17) is 10.5 Å². The minimum absolute atomic E-state index is 0.233. The van der Waals surface area contributed by atoms with Gasteiger partial charge in [0.2, 0.25) is 0 Å². The fourth-order valence-corrected chi connectivity index (χ4v) is 2.68. The van der Waals surface area contributed by atoms with Gasteiger partial charge in [0.15, 0.2) is 0 Å². The lowest BCUT2D eigenvalue weighted by atomic mass is 10.1. The van der Waals surface area contributed by atoms with E-state index in [1.54, 1.807) is 42.5 Å². The number of primary amides is 1. The summed E-state index contributed by atoms with van der Waals surface area (Å²) in [7, 11) is 0. The molecule has 0 saturated carbocycles. The van der Waals surface area contributed by atoms with Gasteiger partial charge in [-0.3, -0.25) is 9.59 Å². The number of hydrogen-bond acceptors (Lipinski definition) is 3. The number of para-hydroxylation sites is 1. The molecule has 6 heteroatoms. The Labute approximate surface area is 158 Å². The Bertz CT molecular complexity index is 941. The van der Waals surface area contributed by atoms with Crippen LogP contribution < -0.4 is 15.8 Å². The number of benzene rings is 3. The second-order valence-corrected chi connectivity index (χ2v) is 6.36. The smallest absolute Gasteiger partial charge is 0.255 e. The average Bonchev–Trinajstić information content (AvgIpc) is 2.64. The van der Waals surface area contributed by atoms with Gasteiger partial charge in [-0.25, -0.2) is 0 Å². The zero-order valence-electron chi connectivity index (χ0n) is 13.6. The lowest BCUT2D eigenvalue weighted by molar-refractivity contribution is 0.100. The Hall–Kier alpha value is -3.12.